The maximum atomic E-state index is 5.60. The topological polar surface area (TPSA) is 67.9 Å². The minimum Gasteiger partial charge on any atom is -0.351 e. The van der Waals surface area contributed by atoms with E-state index in [2.05, 4.69) is 26.1 Å². The molecule has 100 valence electrons. The second-order valence-electron chi connectivity index (χ2n) is 4.52. The third-order valence-electron chi connectivity index (χ3n) is 2.83. The number of anilines is 1. The Hall–Kier alpha value is -2.01. The summed E-state index contributed by atoms with van der Waals surface area (Å²) in [6, 6.07) is 6.05. The first-order valence-corrected chi connectivity index (χ1v) is 6.43. The zero-order valence-electron chi connectivity index (χ0n) is 11.2. The Labute approximate surface area is 113 Å². The van der Waals surface area contributed by atoms with Crippen molar-refractivity contribution in [3.63, 3.8) is 0 Å². The lowest BCUT2D eigenvalue weighted by molar-refractivity contribution is 0.716. The molecule has 0 saturated heterocycles. The van der Waals surface area contributed by atoms with Crippen LogP contribution in [0.5, 0.6) is 0 Å². The standard InChI is InChI=1S/C14H19N5/c1-12-8-14(18-17-9-12)19(7-3-5-15)11-13-4-2-6-16-10-13/h2,4,6,8-10H,3,5,7,11,15H2,1H3. The quantitative estimate of drug-likeness (QED) is 0.850. The van der Waals surface area contributed by atoms with E-state index >= 15 is 0 Å². The number of aryl methyl sites for hydroxylation is 1. The van der Waals surface area contributed by atoms with Crippen molar-refractivity contribution in [3.8, 4) is 0 Å². The normalized spacial score (nSPS) is 10.4. The van der Waals surface area contributed by atoms with Crippen molar-refractivity contribution >= 4 is 5.82 Å². The lowest BCUT2D eigenvalue weighted by atomic mass is 10.2. The van der Waals surface area contributed by atoms with Gasteiger partial charge in [-0.05, 0) is 43.1 Å². The highest BCUT2D eigenvalue weighted by Gasteiger charge is 2.09. The highest BCUT2D eigenvalue weighted by atomic mass is 15.3. The van der Waals surface area contributed by atoms with Crippen LogP contribution in [0.2, 0.25) is 0 Å². The highest BCUT2D eigenvalue weighted by Crippen LogP contribution is 2.14. The molecule has 2 aromatic heterocycles. The average Bonchev–Trinajstić information content (AvgIpc) is 2.44. The first-order chi connectivity index (χ1) is 9.29. The number of pyridine rings is 1. The number of rotatable bonds is 6. The molecule has 0 atom stereocenters. The zero-order valence-corrected chi connectivity index (χ0v) is 11.2. The van der Waals surface area contributed by atoms with Crippen molar-refractivity contribution in [2.75, 3.05) is 18.0 Å². The molecule has 19 heavy (non-hydrogen) atoms. The van der Waals surface area contributed by atoms with E-state index in [1.807, 2.05) is 25.3 Å². The smallest absolute Gasteiger partial charge is 0.151 e. The van der Waals surface area contributed by atoms with E-state index in [1.165, 1.54) is 0 Å². The minimum absolute atomic E-state index is 0.669. The highest BCUT2D eigenvalue weighted by molar-refractivity contribution is 5.39. The van der Waals surface area contributed by atoms with Crippen LogP contribution in [-0.2, 0) is 6.54 Å². The fourth-order valence-corrected chi connectivity index (χ4v) is 1.87. The van der Waals surface area contributed by atoms with Crippen molar-refractivity contribution in [1.82, 2.24) is 15.2 Å². The second-order valence-corrected chi connectivity index (χ2v) is 4.52. The van der Waals surface area contributed by atoms with Crippen LogP contribution in [0.1, 0.15) is 17.5 Å². The van der Waals surface area contributed by atoms with Crippen LogP contribution in [0.3, 0.4) is 0 Å². The van der Waals surface area contributed by atoms with Gasteiger partial charge in [0.05, 0.1) is 6.20 Å². The first-order valence-electron chi connectivity index (χ1n) is 6.43. The van der Waals surface area contributed by atoms with E-state index in [1.54, 1.807) is 12.4 Å². The number of nitrogens with zero attached hydrogens (tertiary/aromatic N) is 4. The van der Waals surface area contributed by atoms with Gasteiger partial charge in [0.1, 0.15) is 0 Å². The molecule has 0 amide bonds. The molecular weight excluding hydrogens is 238 g/mol. The maximum absolute atomic E-state index is 5.60. The predicted molar refractivity (Wildman–Crippen MR) is 75.7 cm³/mol. The fraction of sp³-hybridized carbons (Fsp3) is 0.357. The maximum Gasteiger partial charge on any atom is 0.151 e. The molecular formula is C14H19N5. The molecule has 0 bridgehead atoms. The van der Waals surface area contributed by atoms with Gasteiger partial charge in [0.15, 0.2) is 5.82 Å². The van der Waals surface area contributed by atoms with E-state index < -0.39 is 0 Å². The molecule has 0 spiro atoms. The number of hydrogen-bond acceptors (Lipinski definition) is 5. The Bertz CT molecular complexity index is 500. The van der Waals surface area contributed by atoms with Crippen LogP contribution in [0.15, 0.2) is 36.8 Å². The molecule has 0 unspecified atom stereocenters. The summed E-state index contributed by atoms with van der Waals surface area (Å²) in [5, 5.41) is 8.22. The van der Waals surface area contributed by atoms with E-state index in [0.717, 1.165) is 36.5 Å². The molecule has 0 radical (unpaired) electrons. The molecule has 0 aromatic carbocycles. The summed E-state index contributed by atoms with van der Waals surface area (Å²) >= 11 is 0. The molecule has 0 fully saturated rings. The molecule has 5 nitrogen and oxygen atoms in total. The average molecular weight is 257 g/mol. The molecule has 2 N–H and O–H groups in total. The van der Waals surface area contributed by atoms with Crippen molar-refractivity contribution < 1.29 is 0 Å². The minimum atomic E-state index is 0.669. The summed E-state index contributed by atoms with van der Waals surface area (Å²) < 4.78 is 0. The summed E-state index contributed by atoms with van der Waals surface area (Å²) in [7, 11) is 0. The van der Waals surface area contributed by atoms with Crippen LogP contribution in [0, 0.1) is 6.92 Å². The molecule has 5 heteroatoms. The summed E-state index contributed by atoms with van der Waals surface area (Å²) in [5.41, 5.74) is 7.86. The van der Waals surface area contributed by atoms with E-state index in [9.17, 15) is 0 Å². The molecule has 0 saturated carbocycles. The van der Waals surface area contributed by atoms with Gasteiger partial charge >= 0.3 is 0 Å². The molecule has 0 aliphatic rings. The van der Waals surface area contributed by atoms with E-state index in [4.69, 9.17) is 5.73 Å². The van der Waals surface area contributed by atoms with E-state index in [-0.39, 0.29) is 0 Å². The Kier molecular flexibility index (Phi) is 4.80. The summed E-state index contributed by atoms with van der Waals surface area (Å²) in [4.78, 5) is 6.33. The van der Waals surface area contributed by atoms with Crippen molar-refractivity contribution in [3.05, 3.63) is 47.9 Å². The SMILES string of the molecule is Cc1cnnc(N(CCCN)Cc2cccnc2)c1. The predicted octanol–water partition coefficient (Wildman–Crippen LogP) is 1.54. The Morgan fingerprint density at radius 2 is 2.21 bits per heavy atom. The summed E-state index contributed by atoms with van der Waals surface area (Å²) in [6.07, 6.45) is 6.34. The van der Waals surface area contributed by atoms with Crippen LogP contribution >= 0.6 is 0 Å². The summed E-state index contributed by atoms with van der Waals surface area (Å²) in [5.74, 6) is 0.886. The Balaban J connectivity index is 2.16. The van der Waals surface area contributed by atoms with Gasteiger partial charge in [-0.2, -0.15) is 5.10 Å². The first kappa shape index (κ1) is 13.4. The van der Waals surface area contributed by atoms with Gasteiger partial charge < -0.3 is 10.6 Å². The van der Waals surface area contributed by atoms with Gasteiger partial charge in [0, 0.05) is 25.5 Å². The number of nitrogens with two attached hydrogens (primary N) is 1. The van der Waals surface area contributed by atoms with Crippen molar-refractivity contribution in [1.29, 1.82) is 0 Å². The van der Waals surface area contributed by atoms with Crippen LogP contribution in [-0.4, -0.2) is 28.3 Å². The molecule has 2 rings (SSSR count). The van der Waals surface area contributed by atoms with E-state index in [0.29, 0.717) is 6.54 Å². The summed E-state index contributed by atoms with van der Waals surface area (Å²) in [6.45, 7) is 4.32. The number of aromatic nitrogens is 3. The van der Waals surface area contributed by atoms with Gasteiger partial charge in [-0.25, -0.2) is 0 Å². The lowest BCUT2D eigenvalue weighted by Crippen LogP contribution is -2.26. The molecule has 0 aliphatic carbocycles. The third kappa shape index (κ3) is 3.99. The second kappa shape index (κ2) is 6.80. The molecule has 0 aliphatic heterocycles. The number of hydrogen-bond donors (Lipinski definition) is 1. The third-order valence-corrected chi connectivity index (χ3v) is 2.83. The largest absolute Gasteiger partial charge is 0.351 e. The molecule has 2 aromatic rings. The van der Waals surface area contributed by atoms with Gasteiger partial charge in [-0.1, -0.05) is 6.07 Å². The Morgan fingerprint density at radius 1 is 1.32 bits per heavy atom. The van der Waals surface area contributed by atoms with Gasteiger partial charge in [-0.3, -0.25) is 4.98 Å². The van der Waals surface area contributed by atoms with Crippen LogP contribution < -0.4 is 10.6 Å². The fourth-order valence-electron chi connectivity index (χ4n) is 1.87. The monoisotopic (exact) mass is 257 g/mol. The van der Waals surface area contributed by atoms with Gasteiger partial charge in [0.25, 0.3) is 0 Å². The van der Waals surface area contributed by atoms with Crippen LogP contribution in [0.25, 0.3) is 0 Å². The lowest BCUT2D eigenvalue weighted by Gasteiger charge is -2.23. The van der Waals surface area contributed by atoms with Gasteiger partial charge in [-0.15, -0.1) is 5.10 Å². The zero-order chi connectivity index (χ0) is 13.5. The Morgan fingerprint density at radius 3 is 2.89 bits per heavy atom. The van der Waals surface area contributed by atoms with Crippen molar-refractivity contribution in [2.45, 2.75) is 19.9 Å². The van der Waals surface area contributed by atoms with Crippen molar-refractivity contribution in [2.24, 2.45) is 5.73 Å². The van der Waals surface area contributed by atoms with Crippen LogP contribution in [0.4, 0.5) is 5.82 Å². The molecule has 2 heterocycles. The van der Waals surface area contributed by atoms with Gasteiger partial charge in [0.2, 0.25) is 0 Å².